The van der Waals surface area contributed by atoms with E-state index in [1.165, 1.54) is 0 Å². The van der Waals surface area contributed by atoms with E-state index in [9.17, 15) is 14.0 Å². The average Bonchev–Trinajstić information content (AvgIpc) is 2.42. The van der Waals surface area contributed by atoms with E-state index in [0.29, 0.717) is 16.5 Å². The minimum Gasteiger partial charge on any atom is -0.272 e. The lowest BCUT2D eigenvalue weighted by atomic mass is 9.94. The maximum atomic E-state index is 12.5. The third-order valence-corrected chi connectivity index (χ3v) is 3.94. The maximum Gasteiger partial charge on any atom is 0.261 e. The normalized spacial score (nSPS) is 14.3. The fraction of sp³-hybridized carbons (Fsp3) is 0.143. The first-order chi connectivity index (χ1) is 9.15. The van der Waals surface area contributed by atoms with Gasteiger partial charge in [0, 0.05) is 21.0 Å². The summed E-state index contributed by atoms with van der Waals surface area (Å²) in [5.41, 5.74) is 0.892. The molecule has 0 saturated heterocycles. The molecule has 1 aliphatic rings. The molecular weight excluding hydrogens is 313 g/mol. The molecule has 0 spiro atoms. The zero-order chi connectivity index (χ0) is 13.6. The summed E-state index contributed by atoms with van der Waals surface area (Å²) in [7, 11) is 0. The summed E-state index contributed by atoms with van der Waals surface area (Å²) in [6, 6.07) is 8.70. The lowest BCUT2D eigenvalue weighted by molar-refractivity contribution is 0.0600. The Labute approximate surface area is 117 Å². The number of carbonyl (C=O) groups excluding carboxylic acids is 2. The van der Waals surface area contributed by atoms with Crippen LogP contribution in [0, 0.1) is 0 Å². The van der Waals surface area contributed by atoms with Gasteiger partial charge in [-0.25, -0.2) is 4.39 Å². The summed E-state index contributed by atoms with van der Waals surface area (Å²) in [4.78, 5) is 25.4. The molecule has 0 aromatic heterocycles. The van der Waals surface area contributed by atoms with Crippen molar-refractivity contribution in [2.45, 2.75) is 0 Å². The van der Waals surface area contributed by atoms with Gasteiger partial charge in [0.1, 0.15) is 6.67 Å². The molecule has 0 atom stereocenters. The molecular formula is C14H9BrFNO2. The fourth-order valence-corrected chi connectivity index (χ4v) is 2.86. The molecule has 5 heteroatoms. The quantitative estimate of drug-likeness (QED) is 0.797. The summed E-state index contributed by atoms with van der Waals surface area (Å²) < 4.78 is 13.3. The first kappa shape index (κ1) is 12.3. The molecule has 2 aromatic carbocycles. The van der Waals surface area contributed by atoms with Crippen molar-refractivity contribution in [3.8, 4) is 0 Å². The molecule has 0 saturated carbocycles. The van der Waals surface area contributed by atoms with Gasteiger partial charge in [-0.2, -0.15) is 0 Å². The largest absolute Gasteiger partial charge is 0.272 e. The molecule has 0 aliphatic carbocycles. The van der Waals surface area contributed by atoms with Gasteiger partial charge in [-0.05, 0) is 23.6 Å². The number of halogens is 2. The smallest absolute Gasteiger partial charge is 0.261 e. The SMILES string of the molecule is O=C1c2cccc3c(Br)ccc(c23)C(=O)N1CCF. The molecule has 19 heavy (non-hydrogen) atoms. The van der Waals surface area contributed by atoms with Crippen molar-refractivity contribution in [3.63, 3.8) is 0 Å². The molecule has 3 nitrogen and oxygen atoms in total. The van der Waals surface area contributed by atoms with Crippen LogP contribution in [0.1, 0.15) is 20.7 Å². The van der Waals surface area contributed by atoms with Crippen LogP contribution < -0.4 is 0 Å². The van der Waals surface area contributed by atoms with Crippen LogP contribution in [0.5, 0.6) is 0 Å². The highest BCUT2D eigenvalue weighted by molar-refractivity contribution is 9.10. The van der Waals surface area contributed by atoms with Crippen molar-refractivity contribution in [1.82, 2.24) is 4.90 Å². The van der Waals surface area contributed by atoms with E-state index in [4.69, 9.17) is 0 Å². The Kier molecular flexibility index (Phi) is 2.86. The molecule has 0 unspecified atom stereocenters. The van der Waals surface area contributed by atoms with Gasteiger partial charge in [0.25, 0.3) is 11.8 Å². The molecule has 1 aliphatic heterocycles. The number of alkyl halides is 1. The summed E-state index contributed by atoms with van der Waals surface area (Å²) in [6.07, 6.45) is 0. The van der Waals surface area contributed by atoms with E-state index in [1.807, 2.05) is 6.07 Å². The first-order valence-corrected chi connectivity index (χ1v) is 6.58. The summed E-state index contributed by atoms with van der Waals surface area (Å²) >= 11 is 3.41. The van der Waals surface area contributed by atoms with Gasteiger partial charge in [0.05, 0.1) is 6.54 Å². The second kappa shape index (κ2) is 4.42. The van der Waals surface area contributed by atoms with Crippen molar-refractivity contribution >= 4 is 38.5 Å². The lowest BCUT2D eigenvalue weighted by Gasteiger charge is -2.26. The van der Waals surface area contributed by atoms with Crippen LogP contribution in [0.25, 0.3) is 10.8 Å². The minimum absolute atomic E-state index is 0.205. The predicted octanol–water partition coefficient (Wildman–Crippen LogP) is 3.17. The van der Waals surface area contributed by atoms with Gasteiger partial charge < -0.3 is 0 Å². The Hall–Kier alpha value is -1.75. The fourth-order valence-electron chi connectivity index (χ4n) is 2.40. The van der Waals surface area contributed by atoms with E-state index in [1.54, 1.807) is 24.3 Å². The van der Waals surface area contributed by atoms with Crippen LogP contribution in [0.15, 0.2) is 34.8 Å². The third kappa shape index (κ3) is 1.69. The molecule has 96 valence electrons. The Morgan fingerprint density at radius 3 is 2.42 bits per heavy atom. The van der Waals surface area contributed by atoms with E-state index in [-0.39, 0.29) is 6.54 Å². The zero-order valence-electron chi connectivity index (χ0n) is 9.82. The summed E-state index contributed by atoms with van der Waals surface area (Å²) in [5, 5.41) is 1.46. The van der Waals surface area contributed by atoms with Crippen molar-refractivity contribution in [3.05, 3.63) is 45.9 Å². The lowest BCUT2D eigenvalue weighted by Crippen LogP contribution is -2.41. The van der Waals surface area contributed by atoms with Crippen LogP contribution >= 0.6 is 15.9 Å². The van der Waals surface area contributed by atoms with E-state index in [2.05, 4.69) is 15.9 Å². The molecule has 0 N–H and O–H groups in total. The monoisotopic (exact) mass is 321 g/mol. The number of nitrogens with zero attached hydrogens (tertiary/aromatic N) is 1. The minimum atomic E-state index is -0.737. The first-order valence-electron chi connectivity index (χ1n) is 5.78. The van der Waals surface area contributed by atoms with Gasteiger partial charge in [-0.3, -0.25) is 14.5 Å². The molecule has 0 bridgehead atoms. The van der Waals surface area contributed by atoms with Crippen LogP contribution in [0.3, 0.4) is 0 Å². The summed E-state index contributed by atoms with van der Waals surface area (Å²) in [6.45, 7) is -0.942. The van der Waals surface area contributed by atoms with Crippen molar-refractivity contribution in [2.24, 2.45) is 0 Å². The van der Waals surface area contributed by atoms with Gasteiger partial charge in [0.2, 0.25) is 0 Å². The molecule has 2 aromatic rings. The Bertz CT molecular complexity index is 692. The number of amides is 2. The Morgan fingerprint density at radius 2 is 1.74 bits per heavy atom. The number of hydrogen-bond acceptors (Lipinski definition) is 2. The number of benzene rings is 2. The highest BCUT2D eigenvalue weighted by atomic mass is 79.9. The number of rotatable bonds is 2. The van der Waals surface area contributed by atoms with Crippen molar-refractivity contribution in [2.75, 3.05) is 13.2 Å². The number of imide groups is 1. The van der Waals surface area contributed by atoms with E-state index < -0.39 is 18.5 Å². The van der Waals surface area contributed by atoms with Crippen LogP contribution in [-0.2, 0) is 0 Å². The van der Waals surface area contributed by atoms with Crippen molar-refractivity contribution in [1.29, 1.82) is 0 Å². The predicted molar refractivity (Wildman–Crippen MR) is 73.0 cm³/mol. The van der Waals surface area contributed by atoms with E-state index >= 15 is 0 Å². The molecule has 1 heterocycles. The topological polar surface area (TPSA) is 37.4 Å². The molecule has 3 rings (SSSR count). The van der Waals surface area contributed by atoms with Crippen molar-refractivity contribution < 1.29 is 14.0 Å². The van der Waals surface area contributed by atoms with Crippen LogP contribution in [-0.4, -0.2) is 29.9 Å². The summed E-state index contributed by atoms with van der Waals surface area (Å²) in [5.74, 6) is -0.863. The maximum absolute atomic E-state index is 12.5. The van der Waals surface area contributed by atoms with Gasteiger partial charge in [-0.15, -0.1) is 0 Å². The Morgan fingerprint density at radius 1 is 1.05 bits per heavy atom. The molecule has 0 radical (unpaired) electrons. The Balaban J connectivity index is 2.35. The second-order valence-corrected chi connectivity index (χ2v) is 5.13. The molecule has 0 fully saturated rings. The standard InChI is InChI=1S/C14H9BrFNO2/c15-11-5-4-10-12-8(11)2-1-3-9(12)13(18)17(7-6-16)14(10)19/h1-5H,6-7H2. The van der Waals surface area contributed by atoms with E-state index in [0.717, 1.165) is 14.8 Å². The highest BCUT2D eigenvalue weighted by Crippen LogP contribution is 2.34. The van der Waals surface area contributed by atoms with Gasteiger partial charge in [0.15, 0.2) is 0 Å². The number of carbonyl (C=O) groups is 2. The average molecular weight is 322 g/mol. The van der Waals surface area contributed by atoms with Crippen LogP contribution in [0.2, 0.25) is 0 Å². The molecule has 2 amide bonds. The van der Waals surface area contributed by atoms with Crippen LogP contribution in [0.4, 0.5) is 4.39 Å². The number of hydrogen-bond donors (Lipinski definition) is 0. The van der Waals surface area contributed by atoms with Gasteiger partial charge in [-0.1, -0.05) is 28.1 Å². The third-order valence-electron chi connectivity index (χ3n) is 3.25. The van der Waals surface area contributed by atoms with Gasteiger partial charge >= 0.3 is 0 Å². The second-order valence-electron chi connectivity index (χ2n) is 4.27. The zero-order valence-corrected chi connectivity index (χ0v) is 11.4. The highest BCUT2D eigenvalue weighted by Gasteiger charge is 2.32.